The van der Waals surface area contributed by atoms with E-state index in [0.717, 1.165) is 27.6 Å². The van der Waals surface area contributed by atoms with Crippen molar-refractivity contribution in [3.63, 3.8) is 0 Å². The van der Waals surface area contributed by atoms with Gasteiger partial charge in [0.25, 0.3) is 0 Å². The second-order valence-electron chi connectivity index (χ2n) is 6.09. The maximum atomic E-state index is 12.4. The van der Waals surface area contributed by atoms with E-state index in [0.29, 0.717) is 26.2 Å². The van der Waals surface area contributed by atoms with Crippen LogP contribution in [0, 0.1) is 0 Å². The van der Waals surface area contributed by atoms with Crippen molar-refractivity contribution in [3.8, 4) is 0 Å². The molecule has 1 fully saturated rings. The van der Waals surface area contributed by atoms with Gasteiger partial charge in [-0.3, -0.25) is 4.98 Å². The van der Waals surface area contributed by atoms with Crippen LogP contribution in [-0.2, 0) is 11.4 Å². The Labute approximate surface area is 150 Å². The third-order valence-electron chi connectivity index (χ3n) is 4.42. The molecule has 0 spiro atoms. The maximum Gasteiger partial charge on any atom is 0.435 e. The molecule has 0 radical (unpaired) electrons. The third kappa shape index (κ3) is 3.31. The number of nitrogens with one attached hydrogen (secondary N) is 1. The van der Waals surface area contributed by atoms with Gasteiger partial charge < -0.3 is 14.4 Å². The molecule has 3 aromatic heterocycles. The minimum Gasteiger partial charge on any atom is -0.598 e. The lowest BCUT2D eigenvalue weighted by molar-refractivity contribution is -0.107. The second-order valence-corrected chi connectivity index (χ2v) is 7.53. The van der Waals surface area contributed by atoms with Crippen LogP contribution in [0.4, 0.5) is 18.9 Å². The summed E-state index contributed by atoms with van der Waals surface area (Å²) in [6.45, 7) is 1.62. The summed E-state index contributed by atoms with van der Waals surface area (Å²) >= 11 is -2.04. The van der Waals surface area contributed by atoms with Crippen LogP contribution in [0.3, 0.4) is 0 Å². The number of piperazine rings is 1. The first-order valence-corrected chi connectivity index (χ1v) is 9.36. The molecule has 1 aliphatic rings. The summed E-state index contributed by atoms with van der Waals surface area (Å²) < 4.78 is 50.6. The number of hydrogen-bond donors (Lipinski definition) is 1. The number of anilines is 1. The molecule has 1 aliphatic heterocycles. The molecule has 3 aromatic rings. The standard InChI is InChI=1S/C16H16F3N5OS/c17-16(18,19)10-26(25)24-7-5-23(6-8-24)13-2-4-20-12-9-22-15-11(14(12)13)1-3-21-15/h1-4,9H,5-8,10H2,(H,21,22). The molecule has 10 heteroatoms. The quantitative estimate of drug-likeness (QED) is 0.704. The predicted octanol–water partition coefficient (Wildman–Crippen LogP) is 2.46. The van der Waals surface area contributed by atoms with Crippen LogP contribution in [0.2, 0.25) is 0 Å². The van der Waals surface area contributed by atoms with Crippen molar-refractivity contribution in [2.75, 3.05) is 36.8 Å². The van der Waals surface area contributed by atoms with Crippen molar-refractivity contribution < 1.29 is 17.7 Å². The number of alkyl halides is 3. The normalized spacial score (nSPS) is 17.9. The summed E-state index contributed by atoms with van der Waals surface area (Å²) in [7, 11) is 0. The van der Waals surface area contributed by atoms with Crippen LogP contribution < -0.4 is 4.90 Å². The number of aromatic amines is 1. The molecule has 4 rings (SSSR count). The van der Waals surface area contributed by atoms with Crippen molar-refractivity contribution in [3.05, 3.63) is 30.7 Å². The first-order valence-electron chi connectivity index (χ1n) is 8.08. The lowest BCUT2D eigenvalue weighted by Gasteiger charge is -2.36. The lowest BCUT2D eigenvalue weighted by atomic mass is 10.1. The first kappa shape index (κ1) is 17.4. The van der Waals surface area contributed by atoms with Gasteiger partial charge in [0.15, 0.2) is 0 Å². The molecule has 26 heavy (non-hydrogen) atoms. The van der Waals surface area contributed by atoms with E-state index in [4.69, 9.17) is 0 Å². The summed E-state index contributed by atoms with van der Waals surface area (Å²) in [5, 5.41) is 1.91. The Bertz CT molecular complexity index is 923. The summed E-state index contributed by atoms with van der Waals surface area (Å²) in [6.07, 6.45) is 0.792. The number of halogens is 3. The summed E-state index contributed by atoms with van der Waals surface area (Å²) in [5.74, 6) is -1.29. The van der Waals surface area contributed by atoms with Gasteiger partial charge in [0, 0.05) is 41.9 Å². The average Bonchev–Trinajstić information content (AvgIpc) is 3.09. The molecule has 1 atom stereocenters. The number of hydrogen-bond acceptors (Lipinski definition) is 5. The van der Waals surface area contributed by atoms with Gasteiger partial charge >= 0.3 is 6.18 Å². The Morgan fingerprint density at radius 3 is 2.65 bits per heavy atom. The summed E-state index contributed by atoms with van der Waals surface area (Å²) in [6, 6.07) is 3.83. The average molecular weight is 383 g/mol. The van der Waals surface area contributed by atoms with Crippen molar-refractivity contribution in [2.45, 2.75) is 6.18 Å². The molecule has 6 nitrogen and oxygen atoms in total. The van der Waals surface area contributed by atoms with Gasteiger partial charge in [0.2, 0.25) is 5.75 Å². The van der Waals surface area contributed by atoms with Gasteiger partial charge in [-0.1, -0.05) is 0 Å². The topological polar surface area (TPSA) is 71.1 Å². The van der Waals surface area contributed by atoms with E-state index in [-0.39, 0.29) is 0 Å². The van der Waals surface area contributed by atoms with Gasteiger partial charge in [-0.15, -0.1) is 4.31 Å². The van der Waals surface area contributed by atoms with Gasteiger partial charge in [-0.25, -0.2) is 4.98 Å². The van der Waals surface area contributed by atoms with E-state index in [1.54, 1.807) is 12.4 Å². The smallest absolute Gasteiger partial charge is 0.435 e. The molecule has 1 saturated heterocycles. The van der Waals surface area contributed by atoms with Gasteiger partial charge in [-0.05, 0) is 12.1 Å². The van der Waals surface area contributed by atoms with E-state index < -0.39 is 23.3 Å². The number of aromatic nitrogens is 3. The van der Waals surface area contributed by atoms with Crippen molar-refractivity contribution in [1.82, 2.24) is 19.3 Å². The molecular weight excluding hydrogens is 367 g/mol. The van der Waals surface area contributed by atoms with Crippen LogP contribution in [0.25, 0.3) is 21.9 Å². The number of pyridine rings is 2. The van der Waals surface area contributed by atoms with Crippen LogP contribution in [0.1, 0.15) is 0 Å². The second kappa shape index (κ2) is 6.60. The molecule has 138 valence electrons. The fraction of sp³-hybridized carbons (Fsp3) is 0.375. The van der Waals surface area contributed by atoms with E-state index in [2.05, 4.69) is 19.9 Å². The molecule has 0 bridgehead atoms. The monoisotopic (exact) mass is 383 g/mol. The predicted molar refractivity (Wildman–Crippen MR) is 94.2 cm³/mol. The Morgan fingerprint density at radius 1 is 1.15 bits per heavy atom. The lowest BCUT2D eigenvalue weighted by Crippen LogP contribution is -2.50. The molecule has 4 heterocycles. The van der Waals surface area contributed by atoms with E-state index in [9.17, 15) is 17.7 Å². The summed E-state index contributed by atoms with van der Waals surface area (Å²) in [5.41, 5.74) is 2.48. The number of H-pyrrole nitrogens is 1. The number of rotatable bonds is 3. The zero-order valence-corrected chi connectivity index (χ0v) is 14.5. The molecule has 1 N–H and O–H groups in total. The maximum absolute atomic E-state index is 12.4. The van der Waals surface area contributed by atoms with Crippen LogP contribution >= 0.6 is 0 Å². The number of fused-ring (bicyclic) bond motifs is 3. The highest BCUT2D eigenvalue weighted by atomic mass is 32.2. The largest absolute Gasteiger partial charge is 0.598 e. The van der Waals surface area contributed by atoms with Crippen LogP contribution in [0.5, 0.6) is 0 Å². The van der Waals surface area contributed by atoms with Gasteiger partial charge in [-0.2, -0.15) is 13.2 Å². The zero-order valence-electron chi connectivity index (χ0n) is 13.7. The van der Waals surface area contributed by atoms with Crippen LogP contribution in [0.15, 0.2) is 30.7 Å². The Hall–Kier alpha value is -2.04. The SMILES string of the molecule is [O-][S+](CC(F)(F)F)N1CCN(c2ccnc3cnc4[nH]ccc4c23)CC1. The number of nitrogens with zero attached hydrogens (tertiary/aromatic N) is 4. The highest BCUT2D eigenvalue weighted by molar-refractivity contribution is 7.89. The highest BCUT2D eigenvalue weighted by Crippen LogP contribution is 2.32. The molecule has 0 aliphatic carbocycles. The van der Waals surface area contributed by atoms with Gasteiger partial charge in [0.1, 0.15) is 5.65 Å². The van der Waals surface area contributed by atoms with E-state index >= 15 is 0 Å². The van der Waals surface area contributed by atoms with E-state index in [1.807, 2.05) is 18.3 Å². The molecule has 0 aromatic carbocycles. The third-order valence-corrected chi connectivity index (χ3v) is 5.94. The van der Waals surface area contributed by atoms with Crippen molar-refractivity contribution in [1.29, 1.82) is 0 Å². The minimum absolute atomic E-state index is 0.313. The van der Waals surface area contributed by atoms with Gasteiger partial charge in [0.05, 0.1) is 36.2 Å². The first-order chi connectivity index (χ1) is 12.4. The molecule has 1 unspecified atom stereocenters. The molecular formula is C16H16F3N5OS. The fourth-order valence-corrected chi connectivity index (χ4v) is 4.30. The fourth-order valence-electron chi connectivity index (χ4n) is 3.26. The Balaban J connectivity index is 1.57. The Kier molecular flexibility index (Phi) is 4.41. The molecule has 0 amide bonds. The summed E-state index contributed by atoms with van der Waals surface area (Å²) in [4.78, 5) is 13.9. The zero-order chi connectivity index (χ0) is 18.3. The minimum atomic E-state index is -4.42. The highest BCUT2D eigenvalue weighted by Gasteiger charge is 2.39. The van der Waals surface area contributed by atoms with Crippen molar-refractivity contribution >= 4 is 39.0 Å². The van der Waals surface area contributed by atoms with Crippen LogP contribution in [-0.4, -0.2) is 61.9 Å². The van der Waals surface area contributed by atoms with E-state index in [1.165, 1.54) is 4.31 Å². The molecule has 0 saturated carbocycles. The van der Waals surface area contributed by atoms with Crippen molar-refractivity contribution in [2.24, 2.45) is 0 Å². The Morgan fingerprint density at radius 2 is 1.92 bits per heavy atom.